The van der Waals surface area contributed by atoms with Gasteiger partial charge < -0.3 is 9.32 Å². The summed E-state index contributed by atoms with van der Waals surface area (Å²) in [6, 6.07) is 1.93. The highest BCUT2D eigenvalue weighted by Gasteiger charge is 2.12. The predicted molar refractivity (Wildman–Crippen MR) is 68.6 cm³/mol. The molecule has 1 aliphatic heterocycles. The molecule has 0 saturated carbocycles. The van der Waals surface area contributed by atoms with E-state index in [-0.39, 0.29) is 5.76 Å². The van der Waals surface area contributed by atoms with Crippen LogP contribution in [0, 0.1) is 0 Å². The molecule has 1 saturated heterocycles. The lowest BCUT2D eigenvalue weighted by Crippen LogP contribution is -2.21. The van der Waals surface area contributed by atoms with Gasteiger partial charge in [-0.3, -0.25) is 4.57 Å². The standard InChI is InChI=1S/C13H17N3O2/c1-15-12-11(18-13(15)17)8-10(9-14-12)4-7-16-5-2-3-6-16/h8-9H,2-7H2,1H3. The van der Waals surface area contributed by atoms with Gasteiger partial charge >= 0.3 is 5.76 Å². The van der Waals surface area contributed by atoms with Gasteiger partial charge in [0.05, 0.1) is 0 Å². The summed E-state index contributed by atoms with van der Waals surface area (Å²) in [7, 11) is 1.67. The van der Waals surface area contributed by atoms with Crippen LogP contribution in [0.4, 0.5) is 0 Å². The molecule has 1 fully saturated rings. The molecule has 18 heavy (non-hydrogen) atoms. The fourth-order valence-corrected chi connectivity index (χ4v) is 2.48. The van der Waals surface area contributed by atoms with E-state index in [1.807, 2.05) is 12.3 Å². The Morgan fingerprint density at radius 3 is 2.94 bits per heavy atom. The van der Waals surface area contributed by atoms with Crippen molar-refractivity contribution >= 4 is 11.2 Å². The zero-order chi connectivity index (χ0) is 12.5. The zero-order valence-electron chi connectivity index (χ0n) is 10.6. The largest absolute Gasteiger partial charge is 0.420 e. The molecule has 5 nitrogen and oxygen atoms in total. The van der Waals surface area contributed by atoms with Crippen molar-refractivity contribution in [3.63, 3.8) is 0 Å². The SMILES string of the molecule is Cn1c(=O)oc2cc(CCN3CCCC3)cnc21. The monoisotopic (exact) mass is 247 g/mol. The summed E-state index contributed by atoms with van der Waals surface area (Å²) in [6.07, 6.45) is 5.42. The average Bonchev–Trinajstić information content (AvgIpc) is 2.97. The van der Waals surface area contributed by atoms with Crippen molar-refractivity contribution in [1.29, 1.82) is 0 Å². The van der Waals surface area contributed by atoms with E-state index in [9.17, 15) is 4.79 Å². The number of aromatic nitrogens is 2. The third-order valence-electron chi connectivity index (χ3n) is 3.59. The van der Waals surface area contributed by atoms with Crippen LogP contribution >= 0.6 is 0 Å². The van der Waals surface area contributed by atoms with Gasteiger partial charge in [-0.2, -0.15) is 0 Å². The Balaban J connectivity index is 1.78. The van der Waals surface area contributed by atoms with E-state index >= 15 is 0 Å². The third-order valence-corrected chi connectivity index (χ3v) is 3.59. The number of fused-ring (bicyclic) bond motifs is 1. The predicted octanol–water partition coefficient (Wildman–Crippen LogP) is 1.16. The molecular formula is C13H17N3O2. The van der Waals surface area contributed by atoms with Crippen LogP contribution in [-0.4, -0.2) is 34.1 Å². The maximum atomic E-state index is 11.4. The van der Waals surface area contributed by atoms with Crippen LogP contribution < -0.4 is 5.76 Å². The summed E-state index contributed by atoms with van der Waals surface area (Å²) >= 11 is 0. The third kappa shape index (κ3) is 2.06. The lowest BCUT2D eigenvalue weighted by molar-refractivity contribution is 0.343. The van der Waals surface area contributed by atoms with Crippen LogP contribution in [0.25, 0.3) is 11.2 Å². The van der Waals surface area contributed by atoms with Crippen molar-refractivity contribution in [2.24, 2.45) is 7.05 Å². The molecule has 5 heteroatoms. The van der Waals surface area contributed by atoms with Crippen LogP contribution in [0.3, 0.4) is 0 Å². The maximum Gasteiger partial charge on any atom is 0.420 e. The van der Waals surface area contributed by atoms with Gasteiger partial charge in [0.1, 0.15) is 0 Å². The van der Waals surface area contributed by atoms with Crippen molar-refractivity contribution in [3.05, 3.63) is 28.4 Å². The van der Waals surface area contributed by atoms with Crippen molar-refractivity contribution in [2.75, 3.05) is 19.6 Å². The topological polar surface area (TPSA) is 51.3 Å². The van der Waals surface area contributed by atoms with E-state index in [1.165, 1.54) is 30.5 Å². The maximum absolute atomic E-state index is 11.4. The lowest BCUT2D eigenvalue weighted by atomic mass is 10.2. The van der Waals surface area contributed by atoms with Gasteiger partial charge in [-0.25, -0.2) is 9.78 Å². The summed E-state index contributed by atoms with van der Waals surface area (Å²) in [5, 5.41) is 0. The number of pyridine rings is 1. The first-order valence-corrected chi connectivity index (χ1v) is 6.41. The minimum atomic E-state index is -0.353. The van der Waals surface area contributed by atoms with Gasteiger partial charge in [-0.1, -0.05) is 0 Å². The Hall–Kier alpha value is -1.62. The summed E-state index contributed by atoms with van der Waals surface area (Å²) in [6.45, 7) is 3.47. The molecule has 2 aromatic heterocycles. The highest BCUT2D eigenvalue weighted by molar-refractivity contribution is 5.68. The summed E-state index contributed by atoms with van der Waals surface area (Å²) < 4.78 is 6.57. The minimum Gasteiger partial charge on any atom is -0.406 e. The molecule has 1 aliphatic rings. The molecule has 96 valence electrons. The molecule has 3 heterocycles. The molecule has 0 atom stereocenters. The van der Waals surface area contributed by atoms with Crippen molar-refractivity contribution < 1.29 is 4.42 Å². The van der Waals surface area contributed by atoms with Crippen LogP contribution in [0.1, 0.15) is 18.4 Å². The minimum absolute atomic E-state index is 0.353. The molecule has 0 aromatic carbocycles. The molecule has 0 spiro atoms. The Morgan fingerprint density at radius 2 is 2.17 bits per heavy atom. The first-order valence-electron chi connectivity index (χ1n) is 6.41. The summed E-state index contributed by atoms with van der Waals surface area (Å²) in [5.41, 5.74) is 2.33. The highest BCUT2D eigenvalue weighted by atomic mass is 16.4. The summed E-state index contributed by atoms with van der Waals surface area (Å²) in [5.74, 6) is -0.353. The van der Waals surface area contributed by atoms with Gasteiger partial charge in [0.25, 0.3) is 0 Å². The van der Waals surface area contributed by atoms with Crippen molar-refractivity contribution in [1.82, 2.24) is 14.5 Å². The molecule has 0 amide bonds. The van der Waals surface area contributed by atoms with Gasteiger partial charge in [0.2, 0.25) is 0 Å². The molecule has 0 N–H and O–H groups in total. The van der Waals surface area contributed by atoms with E-state index in [0.717, 1.165) is 18.5 Å². The fourth-order valence-electron chi connectivity index (χ4n) is 2.48. The van der Waals surface area contributed by atoms with Crippen molar-refractivity contribution in [3.8, 4) is 0 Å². The van der Waals surface area contributed by atoms with E-state index < -0.39 is 0 Å². The number of hydrogen-bond donors (Lipinski definition) is 0. The number of aryl methyl sites for hydroxylation is 1. The number of nitrogens with zero attached hydrogens (tertiary/aromatic N) is 3. The molecular weight excluding hydrogens is 230 g/mol. The molecule has 0 radical (unpaired) electrons. The van der Waals surface area contributed by atoms with E-state index in [2.05, 4.69) is 9.88 Å². The Labute approximate surface area is 105 Å². The number of oxazole rings is 1. The first-order chi connectivity index (χ1) is 8.74. The second-order valence-corrected chi connectivity index (χ2v) is 4.89. The first kappa shape index (κ1) is 11.5. The smallest absolute Gasteiger partial charge is 0.406 e. The van der Waals surface area contributed by atoms with E-state index in [1.54, 1.807) is 7.05 Å². The fraction of sp³-hybridized carbons (Fsp3) is 0.538. The van der Waals surface area contributed by atoms with Crippen LogP contribution in [0.5, 0.6) is 0 Å². The number of rotatable bonds is 3. The Morgan fingerprint density at radius 1 is 1.39 bits per heavy atom. The van der Waals surface area contributed by atoms with Gasteiger partial charge in [-0.15, -0.1) is 0 Å². The lowest BCUT2D eigenvalue weighted by Gasteiger charge is -2.13. The number of hydrogen-bond acceptors (Lipinski definition) is 4. The van der Waals surface area contributed by atoms with Crippen LogP contribution in [0.15, 0.2) is 21.5 Å². The van der Waals surface area contributed by atoms with Gasteiger partial charge in [-0.05, 0) is 44.0 Å². The van der Waals surface area contributed by atoms with Crippen LogP contribution in [0.2, 0.25) is 0 Å². The highest BCUT2D eigenvalue weighted by Crippen LogP contribution is 2.13. The van der Waals surface area contributed by atoms with Crippen molar-refractivity contribution in [2.45, 2.75) is 19.3 Å². The number of likely N-dealkylation sites (tertiary alicyclic amines) is 1. The molecule has 0 aliphatic carbocycles. The molecule has 3 rings (SSSR count). The van der Waals surface area contributed by atoms with E-state index in [4.69, 9.17) is 4.42 Å². The molecule has 0 bridgehead atoms. The second-order valence-electron chi connectivity index (χ2n) is 4.89. The Bertz CT molecular complexity index is 608. The van der Waals surface area contributed by atoms with E-state index in [0.29, 0.717) is 11.2 Å². The second kappa shape index (κ2) is 4.57. The quantitative estimate of drug-likeness (QED) is 0.817. The molecule has 2 aromatic rings. The zero-order valence-corrected chi connectivity index (χ0v) is 10.6. The molecule has 0 unspecified atom stereocenters. The normalized spacial score (nSPS) is 16.7. The summed E-state index contributed by atoms with van der Waals surface area (Å²) in [4.78, 5) is 18.1. The van der Waals surface area contributed by atoms with Crippen LogP contribution in [-0.2, 0) is 13.5 Å². The average molecular weight is 247 g/mol. The van der Waals surface area contributed by atoms with Gasteiger partial charge in [0, 0.05) is 19.8 Å². The Kier molecular flexibility index (Phi) is 2.91. The van der Waals surface area contributed by atoms with Gasteiger partial charge in [0.15, 0.2) is 11.2 Å².